The molecule has 0 N–H and O–H groups in total. The average molecular weight is 256 g/mol. The summed E-state index contributed by atoms with van der Waals surface area (Å²) in [6.07, 6.45) is 3.54. The van der Waals surface area contributed by atoms with Crippen molar-refractivity contribution in [3.8, 4) is 11.8 Å². The Balaban J connectivity index is 1.60. The fourth-order valence-electron chi connectivity index (χ4n) is 3.14. The maximum Gasteiger partial charge on any atom is 0.260 e. The summed E-state index contributed by atoms with van der Waals surface area (Å²) in [7, 11) is 0. The van der Waals surface area contributed by atoms with Crippen molar-refractivity contribution in [1.29, 1.82) is 5.26 Å². The molecule has 2 fully saturated rings. The van der Waals surface area contributed by atoms with Crippen LogP contribution in [0.5, 0.6) is 5.75 Å². The molecule has 3 rings (SSSR count). The lowest BCUT2D eigenvalue weighted by atomic mass is 10.1. The minimum Gasteiger partial charge on any atom is -0.482 e. The largest absolute Gasteiger partial charge is 0.482 e. The molecular formula is C15H16N2O2. The van der Waals surface area contributed by atoms with Gasteiger partial charge in [0.15, 0.2) is 6.61 Å². The Kier molecular flexibility index (Phi) is 3.12. The fraction of sp³-hybridized carbons (Fsp3) is 0.467. The summed E-state index contributed by atoms with van der Waals surface area (Å²) in [5.74, 6) is 1.22. The summed E-state index contributed by atoms with van der Waals surface area (Å²) in [5.41, 5.74) is 0.471. The molecule has 1 aromatic carbocycles. The summed E-state index contributed by atoms with van der Waals surface area (Å²) in [4.78, 5) is 14.1. The van der Waals surface area contributed by atoms with Crippen LogP contribution in [-0.4, -0.2) is 30.0 Å². The molecule has 2 aliphatic rings. The number of benzene rings is 1. The highest BCUT2D eigenvalue weighted by Crippen LogP contribution is 2.37. The molecule has 1 aliphatic carbocycles. The zero-order valence-corrected chi connectivity index (χ0v) is 10.7. The molecule has 1 heterocycles. The number of piperidine rings is 1. The van der Waals surface area contributed by atoms with Gasteiger partial charge in [-0.1, -0.05) is 12.1 Å². The molecule has 1 aromatic rings. The van der Waals surface area contributed by atoms with Crippen molar-refractivity contribution in [2.45, 2.75) is 25.3 Å². The standard InChI is InChI=1S/C15H16N2O2/c16-8-12-3-1-2-4-14(12)19-10-15(18)17-9-11-5-6-13(17)7-11/h1-4,11,13H,5-7,9-10H2. The first kappa shape index (κ1) is 12.0. The van der Waals surface area contributed by atoms with Gasteiger partial charge in [-0.25, -0.2) is 0 Å². The zero-order valence-electron chi connectivity index (χ0n) is 10.7. The molecule has 1 aliphatic heterocycles. The lowest BCUT2D eigenvalue weighted by Gasteiger charge is -2.26. The molecule has 0 aromatic heterocycles. The van der Waals surface area contributed by atoms with Gasteiger partial charge in [0.25, 0.3) is 5.91 Å². The minimum absolute atomic E-state index is 0.0297. The highest BCUT2D eigenvalue weighted by molar-refractivity contribution is 5.78. The molecule has 0 radical (unpaired) electrons. The first-order valence-electron chi connectivity index (χ1n) is 6.69. The molecule has 4 nitrogen and oxygen atoms in total. The van der Waals surface area contributed by atoms with E-state index in [-0.39, 0.29) is 12.5 Å². The third-order valence-corrected chi connectivity index (χ3v) is 4.09. The van der Waals surface area contributed by atoms with E-state index in [1.165, 1.54) is 6.42 Å². The fourth-order valence-corrected chi connectivity index (χ4v) is 3.14. The number of amides is 1. The maximum absolute atomic E-state index is 12.1. The van der Waals surface area contributed by atoms with Crippen LogP contribution in [0.4, 0.5) is 0 Å². The molecule has 19 heavy (non-hydrogen) atoms. The van der Waals surface area contributed by atoms with Gasteiger partial charge in [0.2, 0.25) is 0 Å². The van der Waals surface area contributed by atoms with E-state index < -0.39 is 0 Å². The van der Waals surface area contributed by atoms with Gasteiger partial charge in [-0.3, -0.25) is 4.79 Å². The number of rotatable bonds is 3. The summed E-state index contributed by atoms with van der Waals surface area (Å²) in [6, 6.07) is 9.49. The summed E-state index contributed by atoms with van der Waals surface area (Å²) in [5, 5.41) is 8.96. The van der Waals surface area contributed by atoms with Crippen LogP contribution in [0.15, 0.2) is 24.3 Å². The van der Waals surface area contributed by atoms with E-state index in [0.717, 1.165) is 19.4 Å². The molecule has 1 amide bonds. The van der Waals surface area contributed by atoms with Gasteiger partial charge >= 0.3 is 0 Å². The van der Waals surface area contributed by atoms with Crippen LogP contribution in [0.2, 0.25) is 0 Å². The third kappa shape index (κ3) is 2.28. The van der Waals surface area contributed by atoms with Crippen molar-refractivity contribution in [3.63, 3.8) is 0 Å². The summed E-state index contributed by atoms with van der Waals surface area (Å²) in [6.45, 7) is 0.911. The monoisotopic (exact) mass is 256 g/mol. The van der Waals surface area contributed by atoms with Gasteiger partial charge in [0.05, 0.1) is 5.56 Å². The number of hydrogen-bond acceptors (Lipinski definition) is 3. The molecule has 1 saturated carbocycles. The Labute approximate surface area is 112 Å². The normalized spacial score (nSPS) is 24.3. The van der Waals surface area contributed by atoms with Crippen molar-refractivity contribution in [3.05, 3.63) is 29.8 Å². The van der Waals surface area contributed by atoms with E-state index in [0.29, 0.717) is 23.3 Å². The lowest BCUT2D eigenvalue weighted by molar-refractivity contribution is -0.135. The number of carbonyl (C=O) groups excluding carboxylic acids is 1. The van der Waals surface area contributed by atoms with Crippen LogP contribution >= 0.6 is 0 Å². The van der Waals surface area contributed by atoms with Crippen LogP contribution in [-0.2, 0) is 4.79 Å². The number of hydrogen-bond donors (Lipinski definition) is 0. The number of carbonyl (C=O) groups is 1. The van der Waals surface area contributed by atoms with E-state index in [1.807, 2.05) is 4.90 Å². The van der Waals surface area contributed by atoms with Gasteiger partial charge in [-0.2, -0.15) is 5.26 Å². The number of nitrogens with zero attached hydrogens (tertiary/aromatic N) is 2. The Morgan fingerprint density at radius 1 is 1.42 bits per heavy atom. The van der Waals surface area contributed by atoms with E-state index in [9.17, 15) is 4.79 Å². The summed E-state index contributed by atoms with van der Waals surface area (Å²) >= 11 is 0. The summed E-state index contributed by atoms with van der Waals surface area (Å²) < 4.78 is 5.50. The van der Waals surface area contributed by atoms with E-state index in [1.54, 1.807) is 24.3 Å². The first-order valence-corrected chi connectivity index (χ1v) is 6.69. The van der Waals surface area contributed by atoms with Crippen LogP contribution in [0.3, 0.4) is 0 Å². The molecule has 2 atom stereocenters. The molecule has 4 heteroatoms. The molecule has 0 spiro atoms. The third-order valence-electron chi connectivity index (χ3n) is 4.09. The lowest BCUT2D eigenvalue weighted by Crippen LogP contribution is -2.40. The van der Waals surface area contributed by atoms with Crippen LogP contribution in [0.25, 0.3) is 0 Å². The average Bonchev–Trinajstić information content (AvgIpc) is 3.07. The Hall–Kier alpha value is -2.02. The topological polar surface area (TPSA) is 53.3 Å². The quantitative estimate of drug-likeness (QED) is 0.830. The smallest absolute Gasteiger partial charge is 0.260 e. The maximum atomic E-state index is 12.1. The first-order chi connectivity index (χ1) is 9.28. The predicted molar refractivity (Wildman–Crippen MR) is 69.5 cm³/mol. The number of fused-ring (bicyclic) bond motifs is 2. The van der Waals surface area contributed by atoms with Crippen molar-refractivity contribution in [2.75, 3.05) is 13.2 Å². The van der Waals surface area contributed by atoms with Crippen molar-refractivity contribution < 1.29 is 9.53 Å². The Bertz CT molecular complexity index is 535. The molecular weight excluding hydrogens is 240 g/mol. The van der Waals surface area contributed by atoms with Crippen molar-refractivity contribution in [2.24, 2.45) is 5.92 Å². The predicted octanol–water partition coefficient (Wildman–Crippen LogP) is 1.95. The molecule has 1 saturated heterocycles. The van der Waals surface area contributed by atoms with E-state index in [4.69, 9.17) is 10.00 Å². The molecule has 2 bridgehead atoms. The Morgan fingerprint density at radius 3 is 2.95 bits per heavy atom. The minimum atomic E-state index is 0.0297. The second-order valence-electron chi connectivity index (χ2n) is 5.28. The zero-order chi connectivity index (χ0) is 13.2. The number of ether oxygens (including phenoxy) is 1. The molecule has 2 unspecified atom stereocenters. The van der Waals surface area contributed by atoms with Gasteiger partial charge < -0.3 is 9.64 Å². The molecule has 98 valence electrons. The number of likely N-dealkylation sites (tertiary alicyclic amines) is 1. The van der Waals surface area contributed by atoms with Crippen molar-refractivity contribution in [1.82, 2.24) is 4.90 Å². The second-order valence-corrected chi connectivity index (χ2v) is 5.28. The van der Waals surface area contributed by atoms with Crippen molar-refractivity contribution >= 4 is 5.91 Å². The highest BCUT2D eigenvalue weighted by atomic mass is 16.5. The van der Waals surface area contributed by atoms with Crippen LogP contribution in [0, 0.1) is 17.2 Å². The van der Waals surface area contributed by atoms with Crippen LogP contribution in [0.1, 0.15) is 24.8 Å². The van der Waals surface area contributed by atoms with Gasteiger partial charge in [0.1, 0.15) is 11.8 Å². The number of nitriles is 1. The van der Waals surface area contributed by atoms with Crippen LogP contribution < -0.4 is 4.74 Å². The van der Waals surface area contributed by atoms with E-state index in [2.05, 4.69) is 6.07 Å². The SMILES string of the molecule is N#Cc1ccccc1OCC(=O)N1CC2CCC1C2. The highest BCUT2D eigenvalue weighted by Gasteiger charge is 2.40. The van der Waals surface area contributed by atoms with Gasteiger partial charge in [-0.15, -0.1) is 0 Å². The second kappa shape index (κ2) is 4.93. The van der Waals surface area contributed by atoms with E-state index >= 15 is 0 Å². The Morgan fingerprint density at radius 2 is 2.26 bits per heavy atom. The van der Waals surface area contributed by atoms with Gasteiger partial charge in [-0.05, 0) is 37.3 Å². The number of para-hydroxylation sites is 1. The van der Waals surface area contributed by atoms with Gasteiger partial charge in [0, 0.05) is 12.6 Å².